The van der Waals surface area contributed by atoms with Gasteiger partial charge in [-0.15, -0.1) is 0 Å². The lowest BCUT2D eigenvalue weighted by Gasteiger charge is -2.12. The predicted octanol–water partition coefficient (Wildman–Crippen LogP) is -0.673. The minimum atomic E-state index is -1.20. The maximum Gasteiger partial charge on any atom is 0.330 e. The first-order valence-corrected chi connectivity index (χ1v) is 4.57. The molecule has 6 nitrogen and oxygen atoms in total. The van der Waals surface area contributed by atoms with Gasteiger partial charge in [-0.2, -0.15) is 0 Å². The molecular weight excluding hydrogens is 216 g/mol. The van der Waals surface area contributed by atoms with E-state index in [1.54, 1.807) is 0 Å². The predicted molar refractivity (Wildman–Crippen MR) is 56.8 cm³/mol. The SMILES string of the molecule is C=C(C)C(=O)O.CC(=O)CC(O)C(O)CO. The molecule has 0 aromatic rings. The normalized spacial score (nSPS) is 13.1. The van der Waals surface area contributed by atoms with E-state index in [-0.39, 0.29) is 17.8 Å². The van der Waals surface area contributed by atoms with Gasteiger partial charge in [0, 0.05) is 12.0 Å². The molecule has 94 valence electrons. The molecule has 0 saturated carbocycles. The molecule has 2 atom stereocenters. The Hall–Kier alpha value is -1.24. The van der Waals surface area contributed by atoms with Crippen molar-refractivity contribution in [3.05, 3.63) is 12.2 Å². The molecule has 0 amide bonds. The fourth-order valence-electron chi connectivity index (χ4n) is 0.552. The molecule has 16 heavy (non-hydrogen) atoms. The lowest BCUT2D eigenvalue weighted by Crippen LogP contribution is -2.30. The van der Waals surface area contributed by atoms with Crippen LogP contribution in [-0.2, 0) is 9.59 Å². The second kappa shape index (κ2) is 9.02. The minimum absolute atomic E-state index is 0.109. The number of carboxylic acids is 1. The van der Waals surface area contributed by atoms with Crippen LogP contribution in [0.1, 0.15) is 20.3 Å². The first kappa shape index (κ1) is 17.2. The van der Waals surface area contributed by atoms with Gasteiger partial charge in [0.15, 0.2) is 0 Å². The van der Waals surface area contributed by atoms with Gasteiger partial charge in [-0.25, -0.2) is 4.79 Å². The van der Waals surface area contributed by atoms with E-state index < -0.39 is 24.8 Å². The molecule has 0 aliphatic heterocycles. The lowest BCUT2D eigenvalue weighted by atomic mass is 10.1. The lowest BCUT2D eigenvalue weighted by molar-refractivity contribution is -0.132. The molecule has 4 N–H and O–H groups in total. The van der Waals surface area contributed by atoms with E-state index in [1.165, 1.54) is 13.8 Å². The molecule has 0 fully saturated rings. The van der Waals surface area contributed by atoms with Crippen molar-refractivity contribution in [2.45, 2.75) is 32.5 Å². The van der Waals surface area contributed by atoms with Crippen molar-refractivity contribution >= 4 is 11.8 Å². The Morgan fingerprint density at radius 1 is 1.19 bits per heavy atom. The zero-order valence-corrected chi connectivity index (χ0v) is 9.38. The Morgan fingerprint density at radius 2 is 1.56 bits per heavy atom. The summed E-state index contributed by atoms with van der Waals surface area (Å²) in [4.78, 5) is 19.9. The van der Waals surface area contributed by atoms with Gasteiger partial charge in [-0.3, -0.25) is 4.79 Å². The fourth-order valence-corrected chi connectivity index (χ4v) is 0.552. The van der Waals surface area contributed by atoms with E-state index in [1.807, 2.05) is 0 Å². The van der Waals surface area contributed by atoms with E-state index >= 15 is 0 Å². The largest absolute Gasteiger partial charge is 0.478 e. The highest BCUT2D eigenvalue weighted by Gasteiger charge is 2.16. The number of aliphatic hydroxyl groups excluding tert-OH is 3. The summed E-state index contributed by atoms with van der Waals surface area (Å²) in [5, 5.41) is 33.8. The van der Waals surface area contributed by atoms with Crippen LogP contribution in [0.5, 0.6) is 0 Å². The molecule has 0 bridgehead atoms. The third kappa shape index (κ3) is 10.8. The summed E-state index contributed by atoms with van der Waals surface area (Å²) in [6, 6.07) is 0. The van der Waals surface area contributed by atoms with E-state index in [2.05, 4.69) is 6.58 Å². The van der Waals surface area contributed by atoms with Crippen LogP contribution >= 0.6 is 0 Å². The second-order valence-electron chi connectivity index (χ2n) is 3.31. The number of Topliss-reactive ketones (excluding diaryl/α,β-unsaturated/α-hetero) is 1. The second-order valence-corrected chi connectivity index (χ2v) is 3.31. The van der Waals surface area contributed by atoms with Crippen LogP contribution in [0.25, 0.3) is 0 Å². The summed E-state index contributed by atoms with van der Waals surface area (Å²) < 4.78 is 0. The van der Waals surface area contributed by atoms with E-state index in [9.17, 15) is 9.59 Å². The monoisotopic (exact) mass is 234 g/mol. The van der Waals surface area contributed by atoms with Crippen LogP contribution in [0, 0.1) is 0 Å². The Balaban J connectivity index is 0. The van der Waals surface area contributed by atoms with Gasteiger partial charge in [0.25, 0.3) is 0 Å². The standard InChI is InChI=1S/C6H12O4.C4H6O2/c1-4(8)2-5(9)6(10)3-7;1-3(2)4(5)6/h5-7,9-10H,2-3H2,1H3;1H2,2H3,(H,5,6). The molecular formula is C10H18O6. The minimum Gasteiger partial charge on any atom is -0.478 e. The smallest absolute Gasteiger partial charge is 0.330 e. The zero-order chi connectivity index (χ0) is 13.3. The number of ketones is 1. The van der Waals surface area contributed by atoms with Crippen molar-refractivity contribution in [2.24, 2.45) is 0 Å². The molecule has 0 aromatic heterocycles. The van der Waals surface area contributed by atoms with Crippen LogP contribution < -0.4 is 0 Å². The van der Waals surface area contributed by atoms with Crippen molar-refractivity contribution in [3.8, 4) is 0 Å². The first-order chi connectivity index (χ1) is 7.22. The number of hydrogen-bond donors (Lipinski definition) is 4. The highest BCUT2D eigenvalue weighted by molar-refractivity contribution is 5.84. The topological polar surface area (TPSA) is 115 Å². The highest BCUT2D eigenvalue weighted by Crippen LogP contribution is 1.98. The quantitative estimate of drug-likeness (QED) is 0.469. The molecule has 0 heterocycles. The number of rotatable bonds is 5. The maximum absolute atomic E-state index is 10.3. The Kier molecular flexibility index (Phi) is 9.68. The summed E-state index contributed by atoms with van der Waals surface area (Å²) >= 11 is 0. The van der Waals surface area contributed by atoms with Crippen molar-refractivity contribution in [1.29, 1.82) is 0 Å². The number of aliphatic hydroxyl groups is 3. The van der Waals surface area contributed by atoms with E-state index in [0.29, 0.717) is 0 Å². The van der Waals surface area contributed by atoms with Gasteiger partial charge in [0.1, 0.15) is 11.9 Å². The van der Waals surface area contributed by atoms with Crippen LogP contribution in [0.3, 0.4) is 0 Å². The summed E-state index contributed by atoms with van der Waals surface area (Å²) in [6.45, 7) is 5.40. The summed E-state index contributed by atoms with van der Waals surface area (Å²) in [7, 11) is 0. The molecule has 0 rings (SSSR count). The zero-order valence-electron chi connectivity index (χ0n) is 9.38. The third-order valence-corrected chi connectivity index (χ3v) is 1.49. The van der Waals surface area contributed by atoms with Gasteiger partial charge < -0.3 is 20.4 Å². The molecule has 2 unspecified atom stereocenters. The number of aliphatic carboxylic acids is 1. The molecule has 0 aliphatic carbocycles. The van der Waals surface area contributed by atoms with Crippen molar-refractivity contribution in [2.75, 3.05) is 6.61 Å². The molecule has 0 spiro atoms. The average Bonchev–Trinajstić information content (AvgIpc) is 2.16. The van der Waals surface area contributed by atoms with Crippen molar-refractivity contribution in [3.63, 3.8) is 0 Å². The molecule has 6 heteroatoms. The Bertz CT molecular complexity index is 236. The van der Waals surface area contributed by atoms with Gasteiger partial charge in [0.2, 0.25) is 0 Å². The van der Waals surface area contributed by atoms with Gasteiger partial charge in [0.05, 0.1) is 12.7 Å². The Morgan fingerprint density at radius 3 is 1.75 bits per heavy atom. The molecule has 0 aromatic carbocycles. The summed E-state index contributed by atoms with van der Waals surface area (Å²) in [5.74, 6) is -1.14. The summed E-state index contributed by atoms with van der Waals surface area (Å²) in [5.41, 5.74) is 0.176. The van der Waals surface area contributed by atoms with Crippen LogP contribution in [-0.4, -0.2) is 51.0 Å². The fraction of sp³-hybridized carbons (Fsp3) is 0.600. The first-order valence-electron chi connectivity index (χ1n) is 4.57. The molecule has 0 radical (unpaired) electrons. The van der Waals surface area contributed by atoms with Crippen molar-refractivity contribution < 1.29 is 30.0 Å². The third-order valence-electron chi connectivity index (χ3n) is 1.49. The number of carbonyl (C=O) groups is 2. The number of carbonyl (C=O) groups excluding carboxylic acids is 1. The van der Waals surface area contributed by atoms with E-state index in [4.69, 9.17) is 20.4 Å². The van der Waals surface area contributed by atoms with Gasteiger partial charge in [-0.05, 0) is 13.8 Å². The van der Waals surface area contributed by atoms with Crippen molar-refractivity contribution in [1.82, 2.24) is 0 Å². The van der Waals surface area contributed by atoms with Gasteiger partial charge >= 0.3 is 5.97 Å². The highest BCUT2D eigenvalue weighted by atomic mass is 16.4. The van der Waals surface area contributed by atoms with Crippen LogP contribution in [0.4, 0.5) is 0 Å². The van der Waals surface area contributed by atoms with E-state index in [0.717, 1.165) is 0 Å². The summed E-state index contributed by atoms with van der Waals surface area (Å²) in [6.07, 6.45) is -2.45. The van der Waals surface area contributed by atoms with Gasteiger partial charge in [-0.1, -0.05) is 6.58 Å². The van der Waals surface area contributed by atoms with Crippen LogP contribution in [0.2, 0.25) is 0 Å². The molecule has 0 saturated heterocycles. The number of hydrogen-bond acceptors (Lipinski definition) is 5. The average molecular weight is 234 g/mol. The van der Waals surface area contributed by atoms with Crippen LogP contribution in [0.15, 0.2) is 12.2 Å². The Labute approximate surface area is 93.8 Å². The maximum atomic E-state index is 10.3. The number of carboxylic acid groups (broad SMARTS) is 1. The molecule has 0 aliphatic rings.